The van der Waals surface area contributed by atoms with Crippen LogP contribution in [-0.2, 0) is 29.9 Å². The van der Waals surface area contributed by atoms with E-state index in [-0.39, 0.29) is 11.8 Å². The Bertz CT molecular complexity index is 509. The molecule has 1 aliphatic rings. The maximum absolute atomic E-state index is 11.3. The van der Waals surface area contributed by atoms with E-state index in [0.29, 0.717) is 18.7 Å². The largest absolute Gasteiger partial charge is 0.306 e. The predicted octanol–water partition coefficient (Wildman–Crippen LogP) is 0.0443. The molecule has 2 heterocycles. The van der Waals surface area contributed by atoms with Gasteiger partial charge >= 0.3 is 0 Å². The fraction of sp³-hybridized carbons (Fsp3) is 0.818. The lowest BCUT2D eigenvalue weighted by Gasteiger charge is -2.09. The van der Waals surface area contributed by atoms with Crippen LogP contribution in [0.15, 0.2) is 0 Å². The fourth-order valence-corrected chi connectivity index (χ4v) is 3.86. The lowest BCUT2D eigenvalue weighted by atomic mass is 10.2. The van der Waals surface area contributed by atoms with Crippen molar-refractivity contribution in [2.45, 2.75) is 38.8 Å². The van der Waals surface area contributed by atoms with Crippen LogP contribution in [0.25, 0.3) is 0 Å². The van der Waals surface area contributed by atoms with Gasteiger partial charge in [0.05, 0.1) is 18.1 Å². The zero-order chi connectivity index (χ0) is 13.2. The Morgan fingerprint density at radius 3 is 2.89 bits per heavy atom. The minimum Gasteiger partial charge on any atom is -0.306 e. The molecule has 0 aromatic carbocycles. The van der Waals surface area contributed by atoms with Crippen molar-refractivity contribution in [1.29, 1.82) is 0 Å². The van der Waals surface area contributed by atoms with E-state index >= 15 is 0 Å². The van der Waals surface area contributed by atoms with Gasteiger partial charge in [-0.25, -0.2) is 13.4 Å². The Kier molecular flexibility index (Phi) is 4.01. The van der Waals surface area contributed by atoms with Crippen LogP contribution in [-0.4, -0.2) is 40.7 Å². The Balaban J connectivity index is 1.90. The highest BCUT2D eigenvalue weighted by atomic mass is 32.2. The topological polar surface area (TPSA) is 76.9 Å². The van der Waals surface area contributed by atoms with E-state index in [1.54, 1.807) is 4.68 Å². The normalized spacial score (nSPS) is 22.4. The molecule has 1 atom stereocenters. The van der Waals surface area contributed by atoms with Gasteiger partial charge in [-0.1, -0.05) is 6.92 Å². The Hall–Kier alpha value is -0.950. The molecular weight excluding hydrogens is 252 g/mol. The third-order valence-electron chi connectivity index (χ3n) is 3.15. The van der Waals surface area contributed by atoms with E-state index in [9.17, 15) is 8.42 Å². The highest BCUT2D eigenvalue weighted by Crippen LogP contribution is 2.11. The van der Waals surface area contributed by atoms with Crippen molar-refractivity contribution < 1.29 is 8.42 Å². The second-order valence-corrected chi connectivity index (χ2v) is 7.03. The molecule has 6 nitrogen and oxygen atoms in total. The molecule has 7 heteroatoms. The SMILES string of the molecule is CCCc1nc(CNC2CCS(=O)(=O)C2)n(C)n1. The average Bonchev–Trinajstić information content (AvgIpc) is 2.80. The molecule has 1 saturated heterocycles. The molecular formula is C11H20N4O2S. The molecule has 0 radical (unpaired) electrons. The van der Waals surface area contributed by atoms with Gasteiger partial charge < -0.3 is 5.32 Å². The lowest BCUT2D eigenvalue weighted by Crippen LogP contribution is -2.30. The highest BCUT2D eigenvalue weighted by molar-refractivity contribution is 7.91. The van der Waals surface area contributed by atoms with Gasteiger partial charge in [0.15, 0.2) is 15.7 Å². The summed E-state index contributed by atoms with van der Waals surface area (Å²) in [5.74, 6) is 2.26. The number of nitrogens with zero attached hydrogens (tertiary/aromatic N) is 3. The van der Waals surface area contributed by atoms with Crippen molar-refractivity contribution in [2.24, 2.45) is 7.05 Å². The maximum Gasteiger partial charge on any atom is 0.151 e. The van der Waals surface area contributed by atoms with Gasteiger partial charge in [0, 0.05) is 19.5 Å². The average molecular weight is 272 g/mol. The van der Waals surface area contributed by atoms with Crippen LogP contribution in [0.4, 0.5) is 0 Å². The van der Waals surface area contributed by atoms with Crippen molar-refractivity contribution in [3.8, 4) is 0 Å². The molecule has 1 unspecified atom stereocenters. The Morgan fingerprint density at radius 1 is 1.50 bits per heavy atom. The van der Waals surface area contributed by atoms with E-state index in [4.69, 9.17) is 0 Å². The molecule has 1 aromatic rings. The molecule has 0 amide bonds. The second kappa shape index (κ2) is 5.36. The van der Waals surface area contributed by atoms with Crippen LogP contribution in [0.5, 0.6) is 0 Å². The van der Waals surface area contributed by atoms with Gasteiger partial charge in [0.2, 0.25) is 0 Å². The number of aromatic nitrogens is 3. The second-order valence-electron chi connectivity index (χ2n) is 4.80. The van der Waals surface area contributed by atoms with Crippen LogP contribution in [0.2, 0.25) is 0 Å². The first-order valence-electron chi connectivity index (χ1n) is 6.33. The van der Waals surface area contributed by atoms with Crippen LogP contribution < -0.4 is 5.32 Å². The van der Waals surface area contributed by atoms with Crippen molar-refractivity contribution >= 4 is 9.84 Å². The molecule has 0 aliphatic carbocycles. The van der Waals surface area contributed by atoms with Gasteiger partial charge in [0.25, 0.3) is 0 Å². The van der Waals surface area contributed by atoms with E-state index in [1.807, 2.05) is 7.05 Å². The first-order chi connectivity index (χ1) is 8.50. The highest BCUT2D eigenvalue weighted by Gasteiger charge is 2.27. The third kappa shape index (κ3) is 3.29. The number of nitrogens with one attached hydrogen (secondary N) is 1. The summed E-state index contributed by atoms with van der Waals surface area (Å²) >= 11 is 0. The van der Waals surface area contributed by atoms with Crippen molar-refractivity contribution in [1.82, 2.24) is 20.1 Å². The van der Waals surface area contributed by atoms with Crippen LogP contribution in [0.1, 0.15) is 31.4 Å². The van der Waals surface area contributed by atoms with E-state index < -0.39 is 9.84 Å². The summed E-state index contributed by atoms with van der Waals surface area (Å²) in [7, 11) is -0.949. The van der Waals surface area contributed by atoms with Gasteiger partial charge in [-0.15, -0.1) is 0 Å². The van der Waals surface area contributed by atoms with Crippen molar-refractivity contribution in [2.75, 3.05) is 11.5 Å². The van der Waals surface area contributed by atoms with Crippen LogP contribution >= 0.6 is 0 Å². The summed E-state index contributed by atoms with van der Waals surface area (Å²) in [5, 5.41) is 7.57. The summed E-state index contributed by atoms with van der Waals surface area (Å²) in [6.45, 7) is 2.67. The van der Waals surface area contributed by atoms with Gasteiger partial charge in [-0.05, 0) is 12.8 Å². The molecule has 1 aromatic heterocycles. The molecule has 0 saturated carbocycles. The Morgan fingerprint density at radius 2 is 2.28 bits per heavy atom. The summed E-state index contributed by atoms with van der Waals surface area (Å²) in [4.78, 5) is 4.44. The number of sulfone groups is 1. The fourth-order valence-electron chi connectivity index (χ4n) is 2.15. The molecule has 0 bridgehead atoms. The first-order valence-corrected chi connectivity index (χ1v) is 8.15. The molecule has 1 aliphatic heterocycles. The molecule has 18 heavy (non-hydrogen) atoms. The van der Waals surface area contributed by atoms with Gasteiger partial charge in [-0.2, -0.15) is 5.10 Å². The molecule has 0 spiro atoms. The van der Waals surface area contributed by atoms with Gasteiger partial charge in [-0.3, -0.25) is 4.68 Å². The summed E-state index contributed by atoms with van der Waals surface area (Å²) in [6.07, 6.45) is 2.60. The quantitative estimate of drug-likeness (QED) is 0.819. The van der Waals surface area contributed by atoms with E-state index in [2.05, 4.69) is 22.3 Å². The van der Waals surface area contributed by atoms with Gasteiger partial charge in [0.1, 0.15) is 5.82 Å². The summed E-state index contributed by atoms with van der Waals surface area (Å²) in [5.41, 5.74) is 0. The van der Waals surface area contributed by atoms with Crippen LogP contribution in [0.3, 0.4) is 0 Å². The third-order valence-corrected chi connectivity index (χ3v) is 4.92. The number of hydrogen-bond donors (Lipinski definition) is 1. The minimum atomic E-state index is -2.82. The number of hydrogen-bond acceptors (Lipinski definition) is 5. The predicted molar refractivity (Wildman–Crippen MR) is 68.9 cm³/mol. The number of rotatable bonds is 5. The smallest absolute Gasteiger partial charge is 0.151 e. The van der Waals surface area contributed by atoms with E-state index in [0.717, 1.165) is 24.5 Å². The molecule has 102 valence electrons. The van der Waals surface area contributed by atoms with E-state index in [1.165, 1.54) is 0 Å². The Labute approximate surface area is 108 Å². The number of aryl methyl sites for hydroxylation is 2. The summed E-state index contributed by atoms with van der Waals surface area (Å²) < 4.78 is 24.4. The molecule has 1 fully saturated rings. The monoisotopic (exact) mass is 272 g/mol. The lowest BCUT2D eigenvalue weighted by molar-refractivity contribution is 0.527. The zero-order valence-corrected chi connectivity index (χ0v) is 11.7. The maximum atomic E-state index is 11.3. The molecule has 2 rings (SSSR count). The van der Waals surface area contributed by atoms with Crippen molar-refractivity contribution in [3.63, 3.8) is 0 Å². The van der Waals surface area contributed by atoms with Crippen molar-refractivity contribution in [3.05, 3.63) is 11.6 Å². The van der Waals surface area contributed by atoms with Crippen LogP contribution in [0, 0.1) is 0 Å². The standard InChI is InChI=1S/C11H20N4O2S/c1-3-4-10-13-11(15(2)14-10)7-12-9-5-6-18(16,17)8-9/h9,12H,3-8H2,1-2H3. The summed E-state index contributed by atoms with van der Waals surface area (Å²) in [6, 6.07) is 0.0568. The zero-order valence-electron chi connectivity index (χ0n) is 10.9. The minimum absolute atomic E-state index is 0.0568. The first kappa shape index (κ1) is 13.5. The molecule has 1 N–H and O–H groups in total.